The average molecular weight is 315 g/mol. The maximum absolute atomic E-state index is 10.7. The van der Waals surface area contributed by atoms with E-state index in [2.05, 4.69) is 4.52 Å². The van der Waals surface area contributed by atoms with Crippen LogP contribution in [0.2, 0.25) is 0 Å². The first kappa shape index (κ1) is 19.1. The Morgan fingerprint density at radius 3 is 1.90 bits per heavy atom. The van der Waals surface area contributed by atoms with Gasteiger partial charge in [0.05, 0.1) is 20.5 Å². The zero-order valence-corrected chi connectivity index (χ0v) is 10.7. The van der Waals surface area contributed by atoms with Crippen LogP contribution in [0.1, 0.15) is 6.42 Å². The summed E-state index contributed by atoms with van der Waals surface area (Å²) in [5, 5.41) is 47.1. The summed E-state index contributed by atoms with van der Waals surface area (Å²) >= 11 is 0. The fraction of sp³-hybridized carbons (Fsp3) is 0.750. The van der Waals surface area contributed by atoms with Gasteiger partial charge in [0.15, 0.2) is 5.78 Å². The number of hydrogen-bond acceptors (Lipinski definition) is 11. The smallest absolute Gasteiger partial charge is 0.180 e. The highest BCUT2D eigenvalue weighted by Crippen LogP contribution is 2.25. The van der Waals surface area contributed by atoms with Crippen molar-refractivity contribution in [3.05, 3.63) is 0 Å². The molecule has 0 aliphatic carbocycles. The van der Waals surface area contributed by atoms with E-state index in [1.54, 1.807) is 0 Å². The van der Waals surface area contributed by atoms with Gasteiger partial charge < -0.3 is 49.2 Å². The van der Waals surface area contributed by atoms with Gasteiger partial charge in [0.1, 0.15) is 24.3 Å². The zero-order chi connectivity index (χ0) is 16.1. The number of aliphatic hydroxyl groups excluding tert-OH is 4. The third-order valence-corrected chi connectivity index (χ3v) is 2.63. The maximum atomic E-state index is 10.7. The molecule has 0 amide bonds. The Balaban J connectivity index is 4.44. The van der Waals surface area contributed by atoms with Crippen molar-refractivity contribution in [3.8, 4) is 0 Å². The summed E-state index contributed by atoms with van der Waals surface area (Å²) in [6.07, 6.45) is -9.61. The SMILES string of the molecule is O=C([O-])C(=O)C[C@@H](O)[C@@H](O)[C@H](O)[C@H](O)COP(=O)([O-])[O-]. The van der Waals surface area contributed by atoms with Crippen LogP contribution in [0.15, 0.2) is 0 Å². The molecule has 0 aromatic heterocycles. The fourth-order valence-electron chi connectivity index (χ4n) is 1.12. The number of carbonyl (C=O) groups excluding carboxylic acids is 2. The Hall–Kier alpha value is -0.910. The molecule has 0 aromatic carbocycles. The van der Waals surface area contributed by atoms with E-state index in [0.717, 1.165) is 0 Å². The highest BCUT2D eigenvalue weighted by atomic mass is 31.2. The van der Waals surface area contributed by atoms with Gasteiger partial charge >= 0.3 is 0 Å². The first-order valence-corrected chi connectivity index (χ1v) is 6.54. The van der Waals surface area contributed by atoms with Crippen LogP contribution in [0.5, 0.6) is 0 Å². The Bertz CT molecular complexity index is 390. The number of carboxylic acid groups (broad SMARTS) is 1. The van der Waals surface area contributed by atoms with Gasteiger partial charge in [-0.05, 0) is 0 Å². The van der Waals surface area contributed by atoms with E-state index < -0.39 is 57.0 Å². The van der Waals surface area contributed by atoms with E-state index in [1.165, 1.54) is 0 Å². The molecule has 12 heteroatoms. The van der Waals surface area contributed by atoms with Crippen LogP contribution in [0, 0.1) is 0 Å². The number of hydrogen-bond donors (Lipinski definition) is 4. The fourth-order valence-corrected chi connectivity index (χ4v) is 1.45. The number of carboxylic acids is 1. The second-order valence-electron chi connectivity index (χ2n) is 3.77. The van der Waals surface area contributed by atoms with Gasteiger partial charge in [-0.15, -0.1) is 0 Å². The number of ketones is 1. The van der Waals surface area contributed by atoms with Crippen molar-refractivity contribution in [3.63, 3.8) is 0 Å². The summed E-state index contributed by atoms with van der Waals surface area (Å²) in [5.41, 5.74) is 0. The van der Waals surface area contributed by atoms with E-state index in [9.17, 15) is 49.5 Å². The first-order chi connectivity index (χ1) is 8.95. The molecule has 0 rings (SSSR count). The zero-order valence-electron chi connectivity index (χ0n) is 9.82. The minimum Gasteiger partial charge on any atom is -0.790 e. The molecule has 0 aromatic rings. The monoisotopic (exact) mass is 315 g/mol. The van der Waals surface area contributed by atoms with Crippen molar-refractivity contribution in [2.24, 2.45) is 0 Å². The highest BCUT2D eigenvalue weighted by molar-refractivity contribution is 7.43. The number of aliphatic hydroxyl groups is 4. The number of Topliss-reactive ketones (excluding diaryl/α,β-unsaturated/α-hetero) is 1. The van der Waals surface area contributed by atoms with Gasteiger partial charge in [-0.1, -0.05) is 0 Å². The number of rotatable bonds is 9. The quantitative estimate of drug-likeness (QED) is 0.232. The van der Waals surface area contributed by atoms with E-state index in [1.807, 2.05) is 0 Å². The predicted octanol–water partition coefficient (Wildman–Crippen LogP) is -6.02. The largest absolute Gasteiger partial charge is 0.790 e. The molecular formula is C8H12O11P-3. The number of phosphoric acid groups is 1. The van der Waals surface area contributed by atoms with Crippen LogP contribution in [0.3, 0.4) is 0 Å². The van der Waals surface area contributed by atoms with Gasteiger partial charge in [-0.2, -0.15) is 0 Å². The van der Waals surface area contributed by atoms with Crippen molar-refractivity contribution in [1.82, 2.24) is 0 Å². The number of phosphoric ester groups is 1. The van der Waals surface area contributed by atoms with Crippen molar-refractivity contribution < 1.29 is 54.0 Å². The third kappa shape index (κ3) is 7.03. The highest BCUT2D eigenvalue weighted by Gasteiger charge is 2.31. The summed E-state index contributed by atoms with van der Waals surface area (Å²) in [4.78, 5) is 41.0. The molecule has 0 fully saturated rings. The summed E-state index contributed by atoms with van der Waals surface area (Å²) in [6, 6.07) is 0. The lowest BCUT2D eigenvalue weighted by molar-refractivity contribution is -0.343. The van der Waals surface area contributed by atoms with Gasteiger partial charge in [-0.25, -0.2) is 0 Å². The molecule has 20 heavy (non-hydrogen) atoms. The molecule has 0 saturated carbocycles. The Kier molecular flexibility index (Phi) is 7.41. The van der Waals surface area contributed by atoms with Crippen molar-refractivity contribution >= 4 is 19.6 Å². The first-order valence-electron chi connectivity index (χ1n) is 5.08. The van der Waals surface area contributed by atoms with Crippen LogP contribution in [-0.2, 0) is 18.7 Å². The molecule has 0 unspecified atom stereocenters. The van der Waals surface area contributed by atoms with E-state index in [0.29, 0.717) is 0 Å². The van der Waals surface area contributed by atoms with Crippen LogP contribution >= 0.6 is 7.82 Å². The van der Waals surface area contributed by atoms with Gasteiger partial charge in [-0.3, -0.25) is 4.79 Å². The molecule has 0 saturated heterocycles. The molecule has 118 valence electrons. The number of aliphatic carboxylic acids is 1. The van der Waals surface area contributed by atoms with Crippen LogP contribution in [0.4, 0.5) is 0 Å². The Morgan fingerprint density at radius 2 is 1.50 bits per heavy atom. The minimum absolute atomic E-state index is 1.10. The van der Waals surface area contributed by atoms with Crippen LogP contribution < -0.4 is 14.9 Å². The van der Waals surface area contributed by atoms with Crippen molar-refractivity contribution in [2.45, 2.75) is 30.8 Å². The molecule has 0 bridgehead atoms. The van der Waals surface area contributed by atoms with Gasteiger partial charge in [0, 0.05) is 6.42 Å². The Morgan fingerprint density at radius 1 is 1.05 bits per heavy atom. The summed E-state index contributed by atoms with van der Waals surface area (Å²) in [5.74, 6) is -3.67. The summed E-state index contributed by atoms with van der Waals surface area (Å²) in [6.45, 7) is -1.19. The summed E-state index contributed by atoms with van der Waals surface area (Å²) < 4.78 is 13.7. The average Bonchev–Trinajstić information content (AvgIpc) is 2.32. The van der Waals surface area contributed by atoms with E-state index in [-0.39, 0.29) is 0 Å². The Labute approximate surface area is 112 Å². The van der Waals surface area contributed by atoms with Gasteiger partial charge in [0.25, 0.3) is 0 Å². The molecule has 0 spiro atoms. The lowest BCUT2D eigenvalue weighted by atomic mass is 9.99. The summed E-state index contributed by atoms with van der Waals surface area (Å²) in [7, 11) is -5.40. The molecule has 0 radical (unpaired) electrons. The topological polar surface area (TPSA) is 211 Å². The van der Waals surface area contributed by atoms with Crippen molar-refractivity contribution in [1.29, 1.82) is 0 Å². The predicted molar refractivity (Wildman–Crippen MR) is 52.2 cm³/mol. The van der Waals surface area contributed by atoms with E-state index in [4.69, 9.17) is 0 Å². The molecular weight excluding hydrogens is 303 g/mol. The third-order valence-electron chi connectivity index (χ3n) is 2.16. The molecule has 0 aliphatic rings. The van der Waals surface area contributed by atoms with Crippen LogP contribution in [-0.4, -0.2) is 63.2 Å². The molecule has 4 atom stereocenters. The second-order valence-corrected chi connectivity index (χ2v) is 4.93. The molecule has 4 N–H and O–H groups in total. The molecule has 11 nitrogen and oxygen atoms in total. The van der Waals surface area contributed by atoms with Gasteiger partial charge in [0.2, 0.25) is 0 Å². The lowest BCUT2D eigenvalue weighted by Crippen LogP contribution is -2.48. The standard InChI is InChI=1S/C8H15O11P/c9-3(1-4(10)8(14)15)6(12)7(13)5(11)2-19-20(16,17)18/h3,5-7,9,11-13H,1-2H2,(H,14,15)(H2,16,17,18)/p-3/t3-,5-,6-,7-/m1/s1. The second kappa shape index (κ2) is 7.76. The maximum Gasteiger partial charge on any atom is 0.180 e. The number of carbonyl (C=O) groups is 2. The van der Waals surface area contributed by atoms with E-state index >= 15 is 0 Å². The van der Waals surface area contributed by atoms with Crippen molar-refractivity contribution in [2.75, 3.05) is 6.61 Å². The molecule has 0 aliphatic heterocycles. The lowest BCUT2D eigenvalue weighted by Gasteiger charge is -2.32. The molecule has 0 heterocycles. The van der Waals surface area contributed by atoms with Crippen LogP contribution in [0.25, 0.3) is 0 Å². The minimum atomic E-state index is -5.40. The normalized spacial score (nSPS) is 18.1.